The molecule has 0 bridgehead atoms. The Morgan fingerprint density at radius 1 is 1.44 bits per heavy atom. The molecule has 1 aromatic rings. The Kier molecular flexibility index (Phi) is 5.75. The lowest BCUT2D eigenvalue weighted by molar-refractivity contribution is -0.121. The maximum atomic E-state index is 11.6. The molecule has 1 amide bonds. The molecule has 1 heterocycles. The topological polar surface area (TPSA) is 54.0 Å². The average Bonchev–Trinajstić information content (AvgIpc) is 2.72. The minimum absolute atomic E-state index is 0.0611. The molecular formula is C13H23N3OS. The second-order valence-corrected chi connectivity index (χ2v) is 6.48. The van der Waals surface area contributed by atoms with Crippen molar-refractivity contribution in [2.45, 2.75) is 52.6 Å². The molecule has 0 atom stereocenters. The smallest absolute Gasteiger partial charge is 0.221 e. The third kappa shape index (κ3) is 6.12. The van der Waals surface area contributed by atoms with Gasteiger partial charge in [0.05, 0.1) is 6.54 Å². The number of rotatable bonds is 6. The van der Waals surface area contributed by atoms with Crippen LogP contribution in [0.1, 0.15) is 44.0 Å². The standard InChI is InChI=1S/C13H23N3OS/c1-5-10-8-15-12(18-10)9-14-11(17)6-7-16-13(2,3)4/h8,16H,5-7,9H2,1-4H3,(H,14,17). The largest absolute Gasteiger partial charge is 0.350 e. The van der Waals surface area contributed by atoms with Crippen LogP contribution in [0.2, 0.25) is 0 Å². The molecule has 0 aliphatic rings. The third-order valence-electron chi connectivity index (χ3n) is 2.39. The predicted molar refractivity (Wildman–Crippen MR) is 75.7 cm³/mol. The van der Waals surface area contributed by atoms with Crippen molar-refractivity contribution >= 4 is 17.2 Å². The van der Waals surface area contributed by atoms with Crippen molar-refractivity contribution < 1.29 is 4.79 Å². The molecule has 0 saturated heterocycles. The van der Waals surface area contributed by atoms with E-state index in [0.717, 1.165) is 11.4 Å². The van der Waals surface area contributed by atoms with Gasteiger partial charge in [0.15, 0.2) is 0 Å². The first-order valence-electron chi connectivity index (χ1n) is 6.36. The Morgan fingerprint density at radius 2 is 2.17 bits per heavy atom. The number of hydrogen-bond acceptors (Lipinski definition) is 4. The fraction of sp³-hybridized carbons (Fsp3) is 0.692. The van der Waals surface area contributed by atoms with Crippen LogP contribution in [-0.4, -0.2) is 23.0 Å². The normalized spacial score (nSPS) is 11.6. The van der Waals surface area contributed by atoms with E-state index in [1.54, 1.807) is 11.3 Å². The first kappa shape index (κ1) is 15.1. The molecule has 0 radical (unpaired) electrons. The highest BCUT2D eigenvalue weighted by molar-refractivity contribution is 7.11. The fourth-order valence-electron chi connectivity index (χ4n) is 1.41. The first-order chi connectivity index (χ1) is 8.40. The quantitative estimate of drug-likeness (QED) is 0.831. The molecule has 4 nitrogen and oxygen atoms in total. The zero-order valence-corrected chi connectivity index (χ0v) is 12.5. The van der Waals surface area contributed by atoms with E-state index in [2.05, 4.69) is 43.3 Å². The molecule has 0 fully saturated rings. The number of amides is 1. The molecule has 0 spiro atoms. The zero-order chi connectivity index (χ0) is 13.6. The van der Waals surface area contributed by atoms with Gasteiger partial charge in [-0.25, -0.2) is 4.98 Å². The average molecular weight is 269 g/mol. The van der Waals surface area contributed by atoms with Gasteiger partial charge in [-0.2, -0.15) is 0 Å². The lowest BCUT2D eigenvalue weighted by Crippen LogP contribution is -2.38. The number of nitrogens with one attached hydrogen (secondary N) is 2. The molecule has 0 saturated carbocycles. The summed E-state index contributed by atoms with van der Waals surface area (Å²) in [6.07, 6.45) is 3.39. The van der Waals surface area contributed by atoms with Crippen LogP contribution >= 0.6 is 11.3 Å². The van der Waals surface area contributed by atoms with E-state index in [1.165, 1.54) is 4.88 Å². The van der Waals surface area contributed by atoms with Gasteiger partial charge in [-0.3, -0.25) is 4.79 Å². The summed E-state index contributed by atoms with van der Waals surface area (Å²) in [6.45, 7) is 9.62. The van der Waals surface area contributed by atoms with Gasteiger partial charge in [0.2, 0.25) is 5.91 Å². The minimum atomic E-state index is 0.0611. The van der Waals surface area contributed by atoms with E-state index in [-0.39, 0.29) is 11.4 Å². The number of carbonyl (C=O) groups excluding carboxylic acids is 1. The van der Waals surface area contributed by atoms with Gasteiger partial charge >= 0.3 is 0 Å². The number of aromatic nitrogens is 1. The highest BCUT2D eigenvalue weighted by atomic mass is 32.1. The van der Waals surface area contributed by atoms with Gasteiger partial charge in [0.25, 0.3) is 0 Å². The third-order valence-corrected chi connectivity index (χ3v) is 3.54. The number of nitrogens with zero attached hydrogens (tertiary/aromatic N) is 1. The Labute approximate surface area is 113 Å². The number of aryl methyl sites for hydroxylation is 1. The highest BCUT2D eigenvalue weighted by Crippen LogP contribution is 2.12. The van der Waals surface area contributed by atoms with E-state index < -0.39 is 0 Å². The molecule has 18 heavy (non-hydrogen) atoms. The second-order valence-electron chi connectivity index (χ2n) is 5.28. The van der Waals surface area contributed by atoms with Crippen molar-refractivity contribution in [2.75, 3.05) is 6.54 Å². The van der Waals surface area contributed by atoms with Crippen LogP contribution in [0, 0.1) is 0 Å². The van der Waals surface area contributed by atoms with E-state index in [1.807, 2.05) is 6.20 Å². The lowest BCUT2D eigenvalue weighted by atomic mass is 10.1. The van der Waals surface area contributed by atoms with Crippen LogP contribution in [0.5, 0.6) is 0 Å². The Bertz CT molecular complexity index is 382. The van der Waals surface area contributed by atoms with Gasteiger partial charge in [0, 0.05) is 29.6 Å². The molecule has 0 aromatic carbocycles. The summed E-state index contributed by atoms with van der Waals surface area (Å²) in [5.41, 5.74) is 0.0611. The van der Waals surface area contributed by atoms with Crippen LogP contribution in [0.3, 0.4) is 0 Å². The summed E-state index contributed by atoms with van der Waals surface area (Å²) in [4.78, 5) is 17.1. The van der Waals surface area contributed by atoms with Crippen LogP contribution in [0.25, 0.3) is 0 Å². The molecule has 0 unspecified atom stereocenters. The maximum absolute atomic E-state index is 11.6. The van der Waals surface area contributed by atoms with Crippen molar-refractivity contribution in [3.63, 3.8) is 0 Å². The highest BCUT2D eigenvalue weighted by Gasteiger charge is 2.09. The summed E-state index contributed by atoms with van der Waals surface area (Å²) in [5.74, 6) is 0.0694. The molecule has 102 valence electrons. The molecule has 0 aliphatic heterocycles. The van der Waals surface area contributed by atoms with Crippen LogP contribution < -0.4 is 10.6 Å². The van der Waals surface area contributed by atoms with Gasteiger partial charge in [-0.15, -0.1) is 11.3 Å². The Morgan fingerprint density at radius 3 is 2.72 bits per heavy atom. The number of carbonyl (C=O) groups is 1. The molecule has 1 rings (SSSR count). The van der Waals surface area contributed by atoms with Crippen molar-refractivity contribution in [1.82, 2.24) is 15.6 Å². The summed E-state index contributed by atoms with van der Waals surface area (Å²) in [7, 11) is 0. The second kappa shape index (κ2) is 6.85. The van der Waals surface area contributed by atoms with Crippen molar-refractivity contribution in [1.29, 1.82) is 0 Å². The van der Waals surface area contributed by atoms with Crippen molar-refractivity contribution in [3.8, 4) is 0 Å². The van der Waals surface area contributed by atoms with Crippen LogP contribution in [0.4, 0.5) is 0 Å². The van der Waals surface area contributed by atoms with Gasteiger partial charge < -0.3 is 10.6 Å². The first-order valence-corrected chi connectivity index (χ1v) is 7.17. The molecule has 5 heteroatoms. The number of thiazole rings is 1. The van der Waals surface area contributed by atoms with Gasteiger partial charge in [0.1, 0.15) is 5.01 Å². The fourth-order valence-corrected chi connectivity index (χ4v) is 2.21. The minimum Gasteiger partial charge on any atom is -0.350 e. The van der Waals surface area contributed by atoms with Crippen molar-refractivity contribution in [2.24, 2.45) is 0 Å². The van der Waals surface area contributed by atoms with Crippen LogP contribution in [0.15, 0.2) is 6.20 Å². The maximum Gasteiger partial charge on any atom is 0.221 e. The monoisotopic (exact) mass is 269 g/mol. The summed E-state index contributed by atoms with van der Waals surface area (Å²) in [5, 5.41) is 7.16. The van der Waals surface area contributed by atoms with Gasteiger partial charge in [-0.05, 0) is 27.2 Å². The summed E-state index contributed by atoms with van der Waals surface area (Å²) >= 11 is 1.66. The predicted octanol–water partition coefficient (Wildman–Crippen LogP) is 2.10. The van der Waals surface area contributed by atoms with E-state index in [4.69, 9.17) is 0 Å². The van der Waals surface area contributed by atoms with E-state index in [0.29, 0.717) is 19.5 Å². The van der Waals surface area contributed by atoms with E-state index >= 15 is 0 Å². The summed E-state index contributed by atoms with van der Waals surface area (Å²) in [6, 6.07) is 0. The zero-order valence-electron chi connectivity index (χ0n) is 11.7. The lowest BCUT2D eigenvalue weighted by Gasteiger charge is -2.20. The van der Waals surface area contributed by atoms with Gasteiger partial charge in [-0.1, -0.05) is 6.92 Å². The molecular weight excluding hydrogens is 246 g/mol. The summed E-state index contributed by atoms with van der Waals surface area (Å²) < 4.78 is 0. The van der Waals surface area contributed by atoms with Crippen molar-refractivity contribution in [3.05, 3.63) is 16.1 Å². The number of hydrogen-bond donors (Lipinski definition) is 2. The molecule has 2 N–H and O–H groups in total. The SMILES string of the molecule is CCc1cnc(CNC(=O)CCNC(C)(C)C)s1. The molecule has 1 aromatic heterocycles. The Hall–Kier alpha value is -0.940. The van der Waals surface area contributed by atoms with E-state index in [9.17, 15) is 4.79 Å². The molecule has 0 aliphatic carbocycles. The Balaban J connectivity index is 2.21. The van der Waals surface area contributed by atoms with Crippen LogP contribution in [-0.2, 0) is 17.8 Å².